The molecule has 1 fully saturated rings. The van der Waals surface area contributed by atoms with Gasteiger partial charge in [0, 0.05) is 6.04 Å². The Morgan fingerprint density at radius 3 is 2.05 bits per heavy atom. The van der Waals surface area contributed by atoms with Crippen LogP contribution in [0.5, 0.6) is 0 Å². The van der Waals surface area contributed by atoms with Crippen LogP contribution in [0.15, 0.2) is 0 Å². The smallest absolute Gasteiger partial charge is 0.00952 e. The van der Waals surface area contributed by atoms with Crippen molar-refractivity contribution in [2.45, 2.75) is 111 Å². The molecule has 0 amide bonds. The molecule has 1 aliphatic rings. The fourth-order valence-electron chi connectivity index (χ4n) is 3.91. The molecule has 1 unspecified atom stereocenters. The van der Waals surface area contributed by atoms with Gasteiger partial charge in [0.25, 0.3) is 0 Å². The van der Waals surface area contributed by atoms with Gasteiger partial charge in [0.2, 0.25) is 0 Å². The SMILES string of the molecule is CCCCCCCCCC(NCC)C1CCC(C)(C)CC1. The summed E-state index contributed by atoms with van der Waals surface area (Å²) in [5.41, 5.74) is 0.604. The van der Waals surface area contributed by atoms with Crippen LogP contribution in [0.2, 0.25) is 0 Å². The number of unbranched alkanes of at least 4 members (excludes halogenated alkanes) is 6. The number of rotatable bonds is 11. The van der Waals surface area contributed by atoms with Crippen molar-refractivity contribution in [3.05, 3.63) is 0 Å². The van der Waals surface area contributed by atoms with Gasteiger partial charge in [-0.15, -0.1) is 0 Å². The highest BCUT2D eigenvalue weighted by atomic mass is 14.9. The van der Waals surface area contributed by atoms with E-state index in [9.17, 15) is 0 Å². The lowest BCUT2D eigenvalue weighted by atomic mass is 9.70. The van der Waals surface area contributed by atoms with Crippen molar-refractivity contribution < 1.29 is 0 Å². The van der Waals surface area contributed by atoms with Crippen LogP contribution in [0, 0.1) is 11.3 Å². The molecule has 21 heavy (non-hydrogen) atoms. The molecule has 126 valence electrons. The van der Waals surface area contributed by atoms with Gasteiger partial charge in [0.15, 0.2) is 0 Å². The zero-order chi connectivity index (χ0) is 15.6. The third-order valence-corrected chi connectivity index (χ3v) is 5.54. The molecule has 0 aromatic heterocycles. The van der Waals surface area contributed by atoms with Gasteiger partial charge in [-0.3, -0.25) is 0 Å². The maximum atomic E-state index is 3.79. The lowest BCUT2D eigenvalue weighted by Gasteiger charge is -2.38. The number of nitrogens with one attached hydrogen (secondary N) is 1. The third-order valence-electron chi connectivity index (χ3n) is 5.54. The second-order valence-corrected chi connectivity index (χ2v) is 8.08. The summed E-state index contributed by atoms with van der Waals surface area (Å²) in [6.45, 7) is 10.6. The normalized spacial score (nSPS) is 20.6. The van der Waals surface area contributed by atoms with Crippen LogP contribution in [0.3, 0.4) is 0 Å². The second kappa shape index (κ2) is 10.6. The average Bonchev–Trinajstić information content (AvgIpc) is 2.45. The first-order valence-electron chi connectivity index (χ1n) is 9.82. The summed E-state index contributed by atoms with van der Waals surface area (Å²) in [4.78, 5) is 0. The molecule has 0 aromatic rings. The molecule has 1 atom stereocenters. The molecule has 0 aliphatic heterocycles. The summed E-state index contributed by atoms with van der Waals surface area (Å²) >= 11 is 0. The van der Waals surface area contributed by atoms with Gasteiger partial charge < -0.3 is 5.32 Å². The Morgan fingerprint density at radius 1 is 0.905 bits per heavy atom. The zero-order valence-corrected chi connectivity index (χ0v) is 15.3. The first-order chi connectivity index (χ1) is 10.1. The molecule has 1 aliphatic carbocycles. The van der Waals surface area contributed by atoms with E-state index in [-0.39, 0.29) is 0 Å². The largest absolute Gasteiger partial charge is 0.314 e. The average molecular weight is 296 g/mol. The van der Waals surface area contributed by atoms with E-state index in [0.717, 1.165) is 18.5 Å². The van der Waals surface area contributed by atoms with Gasteiger partial charge in [-0.05, 0) is 50.0 Å². The summed E-state index contributed by atoms with van der Waals surface area (Å²) in [5.74, 6) is 0.943. The van der Waals surface area contributed by atoms with Gasteiger partial charge >= 0.3 is 0 Å². The quantitative estimate of drug-likeness (QED) is 0.440. The molecule has 1 saturated carbocycles. The second-order valence-electron chi connectivity index (χ2n) is 8.08. The molecule has 0 radical (unpaired) electrons. The van der Waals surface area contributed by atoms with E-state index in [2.05, 4.69) is 33.0 Å². The highest BCUT2D eigenvalue weighted by Crippen LogP contribution is 2.39. The molecule has 1 rings (SSSR count). The van der Waals surface area contributed by atoms with E-state index < -0.39 is 0 Å². The Hall–Kier alpha value is -0.0400. The monoisotopic (exact) mass is 295 g/mol. The molecule has 0 aromatic carbocycles. The first kappa shape index (κ1) is 19.0. The molecule has 0 saturated heterocycles. The molecule has 1 heteroatoms. The van der Waals surface area contributed by atoms with Crippen LogP contribution < -0.4 is 5.32 Å². The van der Waals surface area contributed by atoms with Crippen LogP contribution in [0.1, 0.15) is 105 Å². The van der Waals surface area contributed by atoms with E-state index in [1.54, 1.807) is 0 Å². The minimum absolute atomic E-state index is 0.604. The van der Waals surface area contributed by atoms with Gasteiger partial charge in [-0.2, -0.15) is 0 Å². The summed E-state index contributed by atoms with van der Waals surface area (Å²) in [7, 11) is 0. The topological polar surface area (TPSA) is 12.0 Å². The van der Waals surface area contributed by atoms with Crippen molar-refractivity contribution in [1.29, 1.82) is 0 Å². The molecule has 1 N–H and O–H groups in total. The van der Waals surface area contributed by atoms with E-state index in [1.165, 1.54) is 77.0 Å². The van der Waals surface area contributed by atoms with Crippen molar-refractivity contribution in [2.75, 3.05) is 6.54 Å². The maximum absolute atomic E-state index is 3.79. The highest BCUT2D eigenvalue weighted by Gasteiger charge is 2.30. The summed E-state index contributed by atoms with van der Waals surface area (Å²) < 4.78 is 0. The van der Waals surface area contributed by atoms with E-state index >= 15 is 0 Å². The molecule has 0 bridgehead atoms. The molecular weight excluding hydrogens is 254 g/mol. The Kier molecular flexibility index (Phi) is 9.64. The van der Waals surface area contributed by atoms with Crippen LogP contribution >= 0.6 is 0 Å². The number of hydrogen-bond donors (Lipinski definition) is 1. The molecule has 0 heterocycles. The Morgan fingerprint density at radius 2 is 1.48 bits per heavy atom. The molecular formula is C20H41N. The molecule has 0 spiro atoms. The van der Waals surface area contributed by atoms with Gasteiger partial charge in [-0.1, -0.05) is 72.6 Å². The Bertz CT molecular complexity index is 236. The predicted octanol–water partition coefficient (Wildman–Crippen LogP) is 6.32. The van der Waals surface area contributed by atoms with Crippen molar-refractivity contribution in [1.82, 2.24) is 5.32 Å². The van der Waals surface area contributed by atoms with Gasteiger partial charge in [0.1, 0.15) is 0 Å². The van der Waals surface area contributed by atoms with Crippen molar-refractivity contribution in [3.8, 4) is 0 Å². The maximum Gasteiger partial charge on any atom is 0.00952 e. The van der Waals surface area contributed by atoms with Gasteiger partial charge in [-0.25, -0.2) is 0 Å². The lowest BCUT2D eigenvalue weighted by Crippen LogP contribution is -2.39. The van der Waals surface area contributed by atoms with E-state index in [0.29, 0.717) is 5.41 Å². The minimum Gasteiger partial charge on any atom is -0.314 e. The molecule has 1 nitrogen and oxygen atoms in total. The Balaban J connectivity index is 2.18. The van der Waals surface area contributed by atoms with Gasteiger partial charge in [0.05, 0.1) is 0 Å². The Labute approximate surface area is 134 Å². The van der Waals surface area contributed by atoms with Crippen LogP contribution in [-0.4, -0.2) is 12.6 Å². The van der Waals surface area contributed by atoms with Crippen LogP contribution in [0.4, 0.5) is 0 Å². The van der Waals surface area contributed by atoms with Crippen molar-refractivity contribution >= 4 is 0 Å². The fraction of sp³-hybridized carbons (Fsp3) is 1.00. The van der Waals surface area contributed by atoms with Crippen LogP contribution in [0.25, 0.3) is 0 Å². The summed E-state index contributed by atoms with van der Waals surface area (Å²) in [6.07, 6.45) is 17.2. The first-order valence-corrected chi connectivity index (χ1v) is 9.82. The highest BCUT2D eigenvalue weighted by molar-refractivity contribution is 4.85. The van der Waals surface area contributed by atoms with E-state index in [4.69, 9.17) is 0 Å². The van der Waals surface area contributed by atoms with Crippen molar-refractivity contribution in [2.24, 2.45) is 11.3 Å². The summed E-state index contributed by atoms with van der Waals surface area (Å²) in [6, 6.07) is 0.793. The summed E-state index contributed by atoms with van der Waals surface area (Å²) in [5, 5.41) is 3.79. The number of hydrogen-bond acceptors (Lipinski definition) is 1. The zero-order valence-electron chi connectivity index (χ0n) is 15.3. The van der Waals surface area contributed by atoms with Crippen LogP contribution in [-0.2, 0) is 0 Å². The predicted molar refractivity (Wildman–Crippen MR) is 95.8 cm³/mol. The standard InChI is InChI=1S/C20H41N/c1-5-7-8-9-10-11-12-13-19(21-6-2)18-14-16-20(3,4)17-15-18/h18-19,21H,5-17H2,1-4H3. The van der Waals surface area contributed by atoms with E-state index in [1.807, 2.05) is 0 Å². The lowest BCUT2D eigenvalue weighted by molar-refractivity contribution is 0.157. The fourth-order valence-corrected chi connectivity index (χ4v) is 3.91. The minimum atomic E-state index is 0.604. The van der Waals surface area contributed by atoms with Crippen molar-refractivity contribution in [3.63, 3.8) is 0 Å². The third kappa shape index (κ3) is 8.24.